The van der Waals surface area contributed by atoms with Crippen molar-refractivity contribution in [3.63, 3.8) is 0 Å². The first-order valence-electron chi connectivity index (χ1n) is 10.1. The molecule has 0 bridgehead atoms. The van der Waals surface area contributed by atoms with Gasteiger partial charge in [0.2, 0.25) is 0 Å². The summed E-state index contributed by atoms with van der Waals surface area (Å²) < 4.78 is 11.9. The first kappa shape index (κ1) is 20.3. The Kier molecular flexibility index (Phi) is 5.59. The van der Waals surface area contributed by atoms with Gasteiger partial charge in [-0.15, -0.1) is 0 Å². The Bertz CT molecular complexity index is 545. The van der Waals surface area contributed by atoms with Crippen LogP contribution in [0.3, 0.4) is 0 Å². The SMILES string of the molecule is CC1=CCC[C@H](C)[C@@]12CC[C@@H](C(C)(C)O[C@@H]1O[C@@H](C)[C@H](O)[C@H](O)[C@@H]1O)C2. The maximum Gasteiger partial charge on any atom is 0.187 e. The van der Waals surface area contributed by atoms with E-state index in [-0.39, 0.29) is 5.41 Å². The molecular weight excluding hydrogens is 332 g/mol. The summed E-state index contributed by atoms with van der Waals surface area (Å²) in [4.78, 5) is 0. The topological polar surface area (TPSA) is 79.2 Å². The van der Waals surface area contributed by atoms with Crippen molar-refractivity contribution in [2.45, 2.75) is 103 Å². The number of aliphatic hydroxyl groups is 3. The van der Waals surface area contributed by atoms with E-state index in [0.717, 1.165) is 12.8 Å². The fourth-order valence-corrected chi connectivity index (χ4v) is 5.40. The Hall–Kier alpha value is -0.460. The second-order valence-corrected chi connectivity index (χ2v) is 9.36. The third kappa shape index (κ3) is 3.37. The van der Waals surface area contributed by atoms with Gasteiger partial charge in [0, 0.05) is 0 Å². The van der Waals surface area contributed by atoms with Crippen LogP contribution in [0.2, 0.25) is 0 Å². The Morgan fingerprint density at radius 1 is 1.12 bits per heavy atom. The highest BCUT2D eigenvalue weighted by Gasteiger charge is 2.51. The summed E-state index contributed by atoms with van der Waals surface area (Å²) in [6.45, 7) is 10.5. The van der Waals surface area contributed by atoms with E-state index in [0.29, 0.717) is 11.8 Å². The molecule has 8 atom stereocenters. The van der Waals surface area contributed by atoms with Crippen LogP contribution < -0.4 is 0 Å². The normalized spacial score (nSPS) is 47.2. The van der Waals surface area contributed by atoms with E-state index >= 15 is 0 Å². The molecule has 5 nitrogen and oxygen atoms in total. The zero-order chi connectivity index (χ0) is 19.3. The van der Waals surface area contributed by atoms with Gasteiger partial charge in [-0.3, -0.25) is 0 Å². The molecule has 0 aromatic heterocycles. The quantitative estimate of drug-likeness (QED) is 0.668. The number of rotatable bonds is 3. The summed E-state index contributed by atoms with van der Waals surface area (Å²) in [5, 5.41) is 30.2. The van der Waals surface area contributed by atoms with E-state index in [2.05, 4.69) is 33.8 Å². The Morgan fingerprint density at radius 2 is 1.81 bits per heavy atom. The molecule has 1 spiro atoms. The summed E-state index contributed by atoms with van der Waals surface area (Å²) in [7, 11) is 0. The van der Waals surface area contributed by atoms with E-state index in [1.165, 1.54) is 24.8 Å². The van der Waals surface area contributed by atoms with Crippen LogP contribution in [-0.4, -0.2) is 51.6 Å². The zero-order valence-corrected chi connectivity index (χ0v) is 16.8. The highest BCUT2D eigenvalue weighted by Crippen LogP contribution is 2.57. The Labute approximate surface area is 157 Å². The summed E-state index contributed by atoms with van der Waals surface area (Å²) in [5.41, 5.74) is 1.32. The lowest BCUT2D eigenvalue weighted by atomic mass is 9.64. The molecule has 0 unspecified atom stereocenters. The largest absolute Gasteiger partial charge is 0.388 e. The van der Waals surface area contributed by atoms with Crippen molar-refractivity contribution in [2.24, 2.45) is 17.3 Å². The highest BCUT2D eigenvalue weighted by atomic mass is 16.7. The molecule has 3 aliphatic rings. The zero-order valence-electron chi connectivity index (χ0n) is 16.8. The molecule has 0 amide bonds. The van der Waals surface area contributed by atoms with E-state index in [9.17, 15) is 15.3 Å². The van der Waals surface area contributed by atoms with Gasteiger partial charge in [-0.05, 0) is 77.0 Å². The molecule has 5 heteroatoms. The number of hydrogen-bond acceptors (Lipinski definition) is 5. The van der Waals surface area contributed by atoms with Crippen molar-refractivity contribution in [3.05, 3.63) is 11.6 Å². The lowest BCUT2D eigenvalue weighted by molar-refractivity contribution is -0.322. The van der Waals surface area contributed by atoms with Gasteiger partial charge < -0.3 is 24.8 Å². The van der Waals surface area contributed by atoms with Gasteiger partial charge in [0.05, 0.1) is 11.7 Å². The Morgan fingerprint density at radius 3 is 2.46 bits per heavy atom. The van der Waals surface area contributed by atoms with Crippen molar-refractivity contribution in [3.8, 4) is 0 Å². The van der Waals surface area contributed by atoms with Crippen LogP contribution in [0.1, 0.15) is 66.7 Å². The van der Waals surface area contributed by atoms with E-state index in [1.807, 2.05) is 0 Å². The molecule has 0 aromatic rings. The molecule has 1 heterocycles. The van der Waals surface area contributed by atoms with Crippen molar-refractivity contribution in [1.82, 2.24) is 0 Å². The van der Waals surface area contributed by atoms with E-state index < -0.39 is 36.3 Å². The lowest BCUT2D eigenvalue weighted by Crippen LogP contribution is -2.59. The molecule has 26 heavy (non-hydrogen) atoms. The molecule has 1 aliphatic heterocycles. The predicted molar refractivity (Wildman–Crippen MR) is 99.4 cm³/mol. The second-order valence-electron chi connectivity index (χ2n) is 9.36. The van der Waals surface area contributed by atoms with Crippen LogP contribution >= 0.6 is 0 Å². The fourth-order valence-electron chi connectivity index (χ4n) is 5.40. The van der Waals surface area contributed by atoms with Gasteiger partial charge >= 0.3 is 0 Å². The standard InChI is InChI=1S/C21H36O5/c1-12-7-6-8-13(2)21(12)10-9-15(11-21)20(4,5)26-19-18(24)17(23)16(22)14(3)25-19/h7,13-19,22-24H,6,8-11H2,1-5H3/t13-,14-,15+,16-,17-,18-,19-,21+/m0/s1. The molecule has 2 fully saturated rings. The van der Waals surface area contributed by atoms with Crippen LogP contribution in [0.25, 0.3) is 0 Å². The minimum Gasteiger partial charge on any atom is -0.388 e. The molecule has 0 aromatic carbocycles. The Balaban J connectivity index is 1.71. The first-order valence-corrected chi connectivity index (χ1v) is 10.1. The van der Waals surface area contributed by atoms with Gasteiger partial charge in [-0.2, -0.15) is 0 Å². The number of ether oxygens (including phenoxy) is 2. The van der Waals surface area contributed by atoms with Crippen LogP contribution in [0.15, 0.2) is 11.6 Å². The highest BCUT2D eigenvalue weighted by molar-refractivity contribution is 5.20. The molecule has 1 saturated heterocycles. The molecule has 0 radical (unpaired) electrons. The summed E-state index contributed by atoms with van der Waals surface area (Å²) in [6, 6.07) is 0. The van der Waals surface area contributed by atoms with Gasteiger partial charge in [-0.1, -0.05) is 18.6 Å². The van der Waals surface area contributed by atoms with E-state index in [4.69, 9.17) is 9.47 Å². The van der Waals surface area contributed by atoms with Crippen LogP contribution in [-0.2, 0) is 9.47 Å². The fraction of sp³-hybridized carbons (Fsp3) is 0.905. The average Bonchev–Trinajstić information content (AvgIpc) is 3.03. The summed E-state index contributed by atoms with van der Waals surface area (Å²) in [6.07, 6.45) is 3.10. The molecular formula is C21H36O5. The predicted octanol–water partition coefficient (Wildman–Crippen LogP) is 2.77. The average molecular weight is 369 g/mol. The number of allylic oxidation sites excluding steroid dienone is 2. The van der Waals surface area contributed by atoms with Gasteiger partial charge in [-0.25, -0.2) is 0 Å². The summed E-state index contributed by atoms with van der Waals surface area (Å²) >= 11 is 0. The molecule has 3 N–H and O–H groups in total. The van der Waals surface area contributed by atoms with Crippen LogP contribution in [0.5, 0.6) is 0 Å². The molecule has 1 saturated carbocycles. The van der Waals surface area contributed by atoms with Gasteiger partial charge in [0.1, 0.15) is 18.3 Å². The molecule has 2 aliphatic carbocycles. The minimum atomic E-state index is -1.25. The minimum absolute atomic E-state index is 0.276. The van der Waals surface area contributed by atoms with E-state index in [1.54, 1.807) is 6.92 Å². The maximum atomic E-state index is 10.3. The van der Waals surface area contributed by atoms with Crippen molar-refractivity contribution in [1.29, 1.82) is 0 Å². The van der Waals surface area contributed by atoms with Gasteiger partial charge in [0.15, 0.2) is 6.29 Å². The first-order chi connectivity index (χ1) is 12.1. The number of hydrogen-bond donors (Lipinski definition) is 3. The molecule has 150 valence electrons. The van der Waals surface area contributed by atoms with Gasteiger partial charge in [0.25, 0.3) is 0 Å². The van der Waals surface area contributed by atoms with Crippen LogP contribution in [0.4, 0.5) is 0 Å². The van der Waals surface area contributed by atoms with Crippen molar-refractivity contribution in [2.75, 3.05) is 0 Å². The lowest BCUT2D eigenvalue weighted by Gasteiger charge is -2.45. The van der Waals surface area contributed by atoms with Crippen molar-refractivity contribution < 1.29 is 24.8 Å². The third-order valence-corrected chi connectivity index (χ3v) is 7.54. The number of aliphatic hydroxyl groups excluding tert-OH is 3. The van der Waals surface area contributed by atoms with Crippen molar-refractivity contribution >= 4 is 0 Å². The molecule has 3 rings (SSSR count). The van der Waals surface area contributed by atoms with Crippen LogP contribution in [0, 0.1) is 17.3 Å². The smallest absolute Gasteiger partial charge is 0.187 e. The maximum absolute atomic E-state index is 10.3. The second kappa shape index (κ2) is 7.17. The third-order valence-electron chi connectivity index (χ3n) is 7.54. The monoisotopic (exact) mass is 368 g/mol. The summed E-state index contributed by atoms with van der Waals surface area (Å²) in [5.74, 6) is 1.04.